The third-order valence-electron chi connectivity index (χ3n) is 1.14. The van der Waals surface area contributed by atoms with Crippen LogP contribution in [0.25, 0.3) is 0 Å². The average Bonchev–Trinajstić information content (AvgIpc) is 1.79. The van der Waals surface area contributed by atoms with Crippen LogP contribution in [0.5, 0.6) is 0 Å². The van der Waals surface area contributed by atoms with E-state index in [-0.39, 0.29) is 0 Å². The van der Waals surface area contributed by atoms with Gasteiger partial charge in [-0.05, 0) is 18.8 Å². The fourth-order valence-corrected chi connectivity index (χ4v) is 0.721. The van der Waals surface area contributed by atoms with Crippen molar-refractivity contribution in [3.63, 3.8) is 0 Å². The van der Waals surface area contributed by atoms with E-state index in [4.69, 9.17) is 11.6 Å². The predicted octanol–water partition coefficient (Wildman–Crippen LogP) is 2.80. The van der Waals surface area contributed by atoms with Crippen molar-refractivity contribution >= 4 is 17.0 Å². The van der Waals surface area contributed by atoms with Gasteiger partial charge in [-0.25, -0.2) is 4.79 Å². The van der Waals surface area contributed by atoms with Gasteiger partial charge in [0.25, 0.3) is 0 Å². The molecule has 0 rings (SSSR count). The Morgan fingerprint density at radius 2 is 2.20 bits per heavy atom. The molecule has 0 saturated heterocycles. The van der Waals surface area contributed by atoms with E-state index in [0.29, 0.717) is 12.5 Å². The molecule has 60 valence electrons. The first-order valence-corrected chi connectivity index (χ1v) is 3.83. The molecule has 0 heterocycles. The first kappa shape index (κ1) is 9.76. The smallest absolute Gasteiger partial charge is 0.403 e. The van der Waals surface area contributed by atoms with Gasteiger partial charge in [-0.1, -0.05) is 13.8 Å². The third kappa shape index (κ3) is 7.76. The minimum absolute atomic E-state index is 0.445. The second-order valence-corrected chi connectivity index (χ2v) is 2.93. The topological polar surface area (TPSA) is 26.3 Å². The molecule has 0 amide bonds. The zero-order valence-electron chi connectivity index (χ0n) is 6.39. The lowest BCUT2D eigenvalue weighted by molar-refractivity contribution is 0.169. The number of ether oxygens (including phenoxy) is 1. The Morgan fingerprint density at radius 3 is 2.60 bits per heavy atom. The summed E-state index contributed by atoms with van der Waals surface area (Å²) in [6, 6.07) is 0. The Kier molecular flexibility index (Phi) is 5.40. The molecule has 0 N–H and O–H groups in total. The van der Waals surface area contributed by atoms with Crippen LogP contribution in [0.15, 0.2) is 0 Å². The van der Waals surface area contributed by atoms with Crippen molar-refractivity contribution in [3.05, 3.63) is 0 Å². The van der Waals surface area contributed by atoms with E-state index < -0.39 is 5.43 Å². The molecule has 0 atom stereocenters. The van der Waals surface area contributed by atoms with E-state index in [1.165, 1.54) is 0 Å². The zero-order chi connectivity index (χ0) is 7.98. The lowest BCUT2D eigenvalue weighted by atomic mass is 10.1. The maximum absolute atomic E-state index is 10.0. The van der Waals surface area contributed by atoms with Gasteiger partial charge < -0.3 is 4.74 Å². The van der Waals surface area contributed by atoms with Crippen LogP contribution in [-0.4, -0.2) is 12.0 Å². The molecule has 10 heavy (non-hydrogen) atoms. The van der Waals surface area contributed by atoms with Crippen molar-refractivity contribution in [2.75, 3.05) is 6.61 Å². The minimum Gasteiger partial charge on any atom is -0.454 e. The van der Waals surface area contributed by atoms with E-state index in [9.17, 15) is 4.79 Å². The van der Waals surface area contributed by atoms with Crippen LogP contribution in [-0.2, 0) is 4.74 Å². The molecule has 0 spiro atoms. The fourth-order valence-electron chi connectivity index (χ4n) is 0.644. The first-order chi connectivity index (χ1) is 4.63. The molecule has 2 nitrogen and oxygen atoms in total. The van der Waals surface area contributed by atoms with Gasteiger partial charge in [-0.2, -0.15) is 0 Å². The third-order valence-corrected chi connectivity index (χ3v) is 1.25. The molecule has 0 aromatic rings. The second-order valence-electron chi connectivity index (χ2n) is 2.62. The normalized spacial score (nSPS) is 10.0. The van der Waals surface area contributed by atoms with Crippen LogP contribution in [0.1, 0.15) is 26.7 Å². The number of carbonyl (C=O) groups excluding carboxylic acids is 1. The Labute approximate surface area is 66.5 Å². The summed E-state index contributed by atoms with van der Waals surface area (Å²) in [5, 5.41) is 0. The van der Waals surface area contributed by atoms with E-state index >= 15 is 0 Å². The summed E-state index contributed by atoms with van der Waals surface area (Å²) in [5.74, 6) is 0.661. The highest BCUT2D eigenvalue weighted by molar-refractivity contribution is 6.61. The molecular weight excluding hydrogens is 152 g/mol. The average molecular weight is 165 g/mol. The van der Waals surface area contributed by atoms with E-state index in [0.717, 1.165) is 12.8 Å². The number of hydrogen-bond donors (Lipinski definition) is 0. The summed E-state index contributed by atoms with van der Waals surface area (Å²) in [6.45, 7) is 4.70. The summed E-state index contributed by atoms with van der Waals surface area (Å²) >= 11 is 4.93. The molecule has 0 unspecified atom stereocenters. The predicted molar refractivity (Wildman–Crippen MR) is 41.3 cm³/mol. The molecule has 3 heteroatoms. The summed E-state index contributed by atoms with van der Waals surface area (Å²) in [7, 11) is 0. The number of carbonyl (C=O) groups is 1. The molecule has 0 aromatic heterocycles. The SMILES string of the molecule is CC(C)CCCOC(=O)Cl. The lowest BCUT2D eigenvalue weighted by Crippen LogP contribution is -1.98. The number of halogens is 1. The molecular formula is C7H13ClO2. The molecule has 0 bridgehead atoms. The Bertz CT molecular complexity index is 102. The Balaban J connectivity index is 2.98. The van der Waals surface area contributed by atoms with Crippen LogP contribution in [0, 0.1) is 5.92 Å². The highest BCUT2D eigenvalue weighted by Gasteiger charge is 1.96. The van der Waals surface area contributed by atoms with Gasteiger partial charge in [0.15, 0.2) is 0 Å². The van der Waals surface area contributed by atoms with Gasteiger partial charge in [0.1, 0.15) is 0 Å². The highest BCUT2D eigenvalue weighted by atomic mass is 35.5. The van der Waals surface area contributed by atoms with Gasteiger partial charge >= 0.3 is 5.43 Å². The Hall–Kier alpha value is -0.240. The van der Waals surface area contributed by atoms with Crippen LogP contribution in [0.4, 0.5) is 4.79 Å². The van der Waals surface area contributed by atoms with Crippen molar-refractivity contribution in [3.8, 4) is 0 Å². The minimum atomic E-state index is -0.705. The highest BCUT2D eigenvalue weighted by Crippen LogP contribution is 2.03. The van der Waals surface area contributed by atoms with Crippen LogP contribution in [0.2, 0.25) is 0 Å². The second kappa shape index (κ2) is 5.54. The van der Waals surface area contributed by atoms with Gasteiger partial charge in [-0.3, -0.25) is 0 Å². The quantitative estimate of drug-likeness (QED) is 0.472. The molecule has 0 fully saturated rings. The van der Waals surface area contributed by atoms with E-state index in [1.807, 2.05) is 0 Å². The summed E-state index contributed by atoms with van der Waals surface area (Å²) in [6.07, 6.45) is 1.97. The summed E-state index contributed by atoms with van der Waals surface area (Å²) in [5.41, 5.74) is -0.705. The number of rotatable bonds is 4. The van der Waals surface area contributed by atoms with Gasteiger partial charge in [-0.15, -0.1) is 0 Å². The van der Waals surface area contributed by atoms with Crippen LogP contribution >= 0.6 is 11.6 Å². The molecule has 0 aliphatic rings. The van der Waals surface area contributed by atoms with Gasteiger partial charge in [0, 0.05) is 11.6 Å². The Morgan fingerprint density at radius 1 is 1.60 bits per heavy atom. The van der Waals surface area contributed by atoms with Crippen molar-refractivity contribution in [2.45, 2.75) is 26.7 Å². The molecule has 0 aliphatic carbocycles. The zero-order valence-corrected chi connectivity index (χ0v) is 7.15. The van der Waals surface area contributed by atoms with Crippen molar-refractivity contribution in [2.24, 2.45) is 5.92 Å². The standard InChI is InChI=1S/C7H13ClO2/c1-6(2)4-3-5-10-7(8)9/h6H,3-5H2,1-2H3. The first-order valence-electron chi connectivity index (χ1n) is 3.45. The maximum atomic E-state index is 10.0. The van der Waals surface area contributed by atoms with Gasteiger partial charge in [0.2, 0.25) is 0 Å². The van der Waals surface area contributed by atoms with Crippen molar-refractivity contribution < 1.29 is 9.53 Å². The van der Waals surface area contributed by atoms with E-state index in [1.54, 1.807) is 0 Å². The molecule has 0 aromatic carbocycles. The monoisotopic (exact) mass is 164 g/mol. The van der Waals surface area contributed by atoms with Crippen molar-refractivity contribution in [1.82, 2.24) is 0 Å². The van der Waals surface area contributed by atoms with Gasteiger partial charge in [0.05, 0.1) is 6.61 Å². The van der Waals surface area contributed by atoms with Crippen LogP contribution < -0.4 is 0 Å². The van der Waals surface area contributed by atoms with Crippen LogP contribution in [0.3, 0.4) is 0 Å². The largest absolute Gasteiger partial charge is 0.454 e. The maximum Gasteiger partial charge on any atom is 0.403 e. The fraction of sp³-hybridized carbons (Fsp3) is 0.857. The lowest BCUT2D eigenvalue weighted by Gasteiger charge is -2.02. The number of hydrogen-bond acceptors (Lipinski definition) is 2. The van der Waals surface area contributed by atoms with E-state index in [2.05, 4.69) is 18.6 Å². The molecule has 0 saturated carbocycles. The van der Waals surface area contributed by atoms with Crippen molar-refractivity contribution in [1.29, 1.82) is 0 Å². The summed E-state index contributed by atoms with van der Waals surface area (Å²) < 4.78 is 4.52. The summed E-state index contributed by atoms with van der Waals surface area (Å²) in [4.78, 5) is 10.0. The molecule has 0 aliphatic heterocycles. The molecule has 0 radical (unpaired) electrons.